The van der Waals surface area contributed by atoms with Crippen LogP contribution in [0, 0.1) is 12.8 Å². The van der Waals surface area contributed by atoms with Crippen molar-refractivity contribution in [1.29, 1.82) is 0 Å². The Morgan fingerprint density at radius 1 is 1.54 bits per heavy atom. The van der Waals surface area contributed by atoms with Gasteiger partial charge in [0.05, 0.1) is 6.20 Å². The van der Waals surface area contributed by atoms with Gasteiger partial charge < -0.3 is 0 Å². The van der Waals surface area contributed by atoms with Crippen LogP contribution in [0.3, 0.4) is 0 Å². The van der Waals surface area contributed by atoms with Crippen LogP contribution in [0.5, 0.6) is 0 Å². The molecule has 0 spiro atoms. The largest absolute Gasteiger partial charge is 0.270 e. The standard InChI is InChI=1S/C10H17BrN2/c1-8(2)4-5-13-9(3)10(6-11)7-12-13/h7-8H,4-6H2,1-3H3. The Balaban J connectivity index is 2.62. The minimum Gasteiger partial charge on any atom is -0.270 e. The molecule has 0 saturated carbocycles. The van der Waals surface area contributed by atoms with E-state index in [9.17, 15) is 0 Å². The van der Waals surface area contributed by atoms with E-state index >= 15 is 0 Å². The lowest BCUT2D eigenvalue weighted by molar-refractivity contribution is 0.480. The maximum atomic E-state index is 4.35. The van der Waals surface area contributed by atoms with Crippen molar-refractivity contribution in [3.05, 3.63) is 17.5 Å². The molecule has 0 unspecified atom stereocenters. The fraction of sp³-hybridized carbons (Fsp3) is 0.700. The number of aryl methyl sites for hydroxylation is 1. The third kappa shape index (κ3) is 2.83. The number of nitrogens with zero attached hydrogens (tertiary/aromatic N) is 2. The van der Waals surface area contributed by atoms with Crippen molar-refractivity contribution in [2.24, 2.45) is 5.92 Å². The second-order valence-corrected chi connectivity index (χ2v) is 4.36. The monoisotopic (exact) mass is 244 g/mol. The molecule has 1 heterocycles. The van der Waals surface area contributed by atoms with Gasteiger partial charge in [0, 0.05) is 23.1 Å². The number of rotatable bonds is 4. The second-order valence-electron chi connectivity index (χ2n) is 3.79. The van der Waals surface area contributed by atoms with E-state index in [1.807, 2.05) is 6.20 Å². The summed E-state index contributed by atoms with van der Waals surface area (Å²) in [6.07, 6.45) is 3.15. The molecule has 13 heavy (non-hydrogen) atoms. The van der Waals surface area contributed by atoms with Crippen molar-refractivity contribution < 1.29 is 0 Å². The molecule has 74 valence electrons. The smallest absolute Gasteiger partial charge is 0.0533 e. The van der Waals surface area contributed by atoms with Crippen LogP contribution in [0.25, 0.3) is 0 Å². The molecule has 0 aliphatic carbocycles. The minimum atomic E-state index is 0.746. The molecule has 0 aliphatic rings. The van der Waals surface area contributed by atoms with Crippen LogP contribution >= 0.6 is 15.9 Å². The summed E-state index contributed by atoms with van der Waals surface area (Å²) in [6.45, 7) is 7.65. The Bertz CT molecular complexity index is 266. The molecule has 0 radical (unpaired) electrons. The van der Waals surface area contributed by atoms with Crippen LogP contribution in [0.15, 0.2) is 6.20 Å². The number of aromatic nitrogens is 2. The molecule has 1 aromatic heterocycles. The number of hydrogen-bond acceptors (Lipinski definition) is 1. The first kappa shape index (κ1) is 10.8. The normalized spacial score (nSPS) is 11.2. The summed E-state index contributed by atoms with van der Waals surface area (Å²) in [7, 11) is 0. The molecule has 0 bridgehead atoms. The molecule has 3 heteroatoms. The highest BCUT2D eigenvalue weighted by atomic mass is 79.9. The first-order valence-electron chi connectivity index (χ1n) is 4.72. The van der Waals surface area contributed by atoms with E-state index < -0.39 is 0 Å². The minimum absolute atomic E-state index is 0.746. The highest BCUT2D eigenvalue weighted by Gasteiger charge is 2.04. The van der Waals surface area contributed by atoms with Crippen LogP contribution in [-0.4, -0.2) is 9.78 Å². The number of alkyl halides is 1. The Labute approximate surface area is 88.5 Å². The predicted octanol–water partition coefficient (Wildman–Crippen LogP) is 3.13. The maximum Gasteiger partial charge on any atom is 0.0533 e. The summed E-state index contributed by atoms with van der Waals surface area (Å²) in [5.74, 6) is 0.746. The van der Waals surface area contributed by atoms with Crippen molar-refractivity contribution in [3.8, 4) is 0 Å². The summed E-state index contributed by atoms with van der Waals surface area (Å²) in [5, 5.41) is 5.25. The van der Waals surface area contributed by atoms with Gasteiger partial charge in [-0.2, -0.15) is 5.10 Å². The first-order chi connectivity index (χ1) is 6.15. The van der Waals surface area contributed by atoms with Gasteiger partial charge >= 0.3 is 0 Å². The van der Waals surface area contributed by atoms with Gasteiger partial charge in [-0.1, -0.05) is 29.8 Å². The predicted molar refractivity (Wildman–Crippen MR) is 59.1 cm³/mol. The molecular weight excluding hydrogens is 228 g/mol. The summed E-state index contributed by atoms with van der Waals surface area (Å²) < 4.78 is 2.09. The maximum absolute atomic E-state index is 4.35. The number of hydrogen-bond donors (Lipinski definition) is 0. The van der Waals surface area contributed by atoms with Crippen molar-refractivity contribution >= 4 is 15.9 Å². The lowest BCUT2D eigenvalue weighted by atomic mass is 10.1. The Morgan fingerprint density at radius 3 is 2.69 bits per heavy atom. The van der Waals surface area contributed by atoms with Crippen LogP contribution in [0.2, 0.25) is 0 Å². The van der Waals surface area contributed by atoms with Gasteiger partial charge in [-0.3, -0.25) is 4.68 Å². The van der Waals surface area contributed by atoms with Crippen molar-refractivity contribution in [3.63, 3.8) is 0 Å². The quantitative estimate of drug-likeness (QED) is 0.745. The molecule has 1 rings (SSSR count). The SMILES string of the molecule is Cc1c(CBr)cnn1CCC(C)C. The molecular formula is C10H17BrN2. The van der Waals surface area contributed by atoms with Crippen molar-refractivity contribution in [2.75, 3.05) is 0 Å². The zero-order valence-electron chi connectivity index (χ0n) is 8.55. The third-order valence-electron chi connectivity index (χ3n) is 2.27. The summed E-state index contributed by atoms with van der Waals surface area (Å²) in [6, 6.07) is 0. The fourth-order valence-corrected chi connectivity index (χ4v) is 1.77. The van der Waals surface area contributed by atoms with E-state index in [1.54, 1.807) is 0 Å². The molecule has 0 amide bonds. The highest BCUT2D eigenvalue weighted by molar-refractivity contribution is 9.08. The van der Waals surface area contributed by atoms with Crippen LogP contribution < -0.4 is 0 Å². The molecule has 0 aliphatic heterocycles. The average Bonchev–Trinajstić information content (AvgIpc) is 2.43. The third-order valence-corrected chi connectivity index (χ3v) is 2.87. The van der Waals surface area contributed by atoms with E-state index in [0.29, 0.717) is 0 Å². The molecule has 0 aromatic carbocycles. The Morgan fingerprint density at radius 2 is 2.23 bits per heavy atom. The zero-order chi connectivity index (χ0) is 9.84. The topological polar surface area (TPSA) is 17.8 Å². The van der Waals surface area contributed by atoms with Gasteiger partial charge in [0.1, 0.15) is 0 Å². The molecule has 1 aromatic rings. The van der Waals surface area contributed by atoms with E-state index in [-0.39, 0.29) is 0 Å². The molecule has 0 fully saturated rings. The van der Waals surface area contributed by atoms with E-state index in [0.717, 1.165) is 17.8 Å². The molecule has 2 nitrogen and oxygen atoms in total. The van der Waals surface area contributed by atoms with E-state index in [2.05, 4.69) is 46.5 Å². The zero-order valence-corrected chi connectivity index (χ0v) is 10.1. The molecule has 0 saturated heterocycles. The Kier molecular flexibility index (Phi) is 3.97. The van der Waals surface area contributed by atoms with Crippen LogP contribution in [0.4, 0.5) is 0 Å². The van der Waals surface area contributed by atoms with Gasteiger partial charge in [-0.25, -0.2) is 0 Å². The highest BCUT2D eigenvalue weighted by Crippen LogP contribution is 2.12. The molecule has 0 N–H and O–H groups in total. The van der Waals surface area contributed by atoms with Gasteiger partial charge in [-0.15, -0.1) is 0 Å². The van der Waals surface area contributed by atoms with Gasteiger partial charge in [-0.05, 0) is 19.3 Å². The average molecular weight is 245 g/mol. The second kappa shape index (κ2) is 4.80. The van der Waals surface area contributed by atoms with E-state index in [1.165, 1.54) is 17.7 Å². The van der Waals surface area contributed by atoms with Gasteiger partial charge in [0.15, 0.2) is 0 Å². The van der Waals surface area contributed by atoms with Crippen LogP contribution in [-0.2, 0) is 11.9 Å². The summed E-state index contributed by atoms with van der Waals surface area (Å²) >= 11 is 3.45. The van der Waals surface area contributed by atoms with E-state index in [4.69, 9.17) is 0 Å². The number of halogens is 1. The summed E-state index contributed by atoms with van der Waals surface area (Å²) in [5.41, 5.74) is 2.58. The lowest BCUT2D eigenvalue weighted by Crippen LogP contribution is -2.05. The van der Waals surface area contributed by atoms with Crippen LogP contribution in [0.1, 0.15) is 31.5 Å². The van der Waals surface area contributed by atoms with Crippen molar-refractivity contribution in [2.45, 2.75) is 39.1 Å². The Hall–Kier alpha value is -0.310. The van der Waals surface area contributed by atoms with Crippen molar-refractivity contribution in [1.82, 2.24) is 9.78 Å². The lowest BCUT2D eigenvalue weighted by Gasteiger charge is -2.06. The summed E-state index contributed by atoms with van der Waals surface area (Å²) in [4.78, 5) is 0. The molecule has 0 atom stereocenters. The van der Waals surface area contributed by atoms with Gasteiger partial charge in [0.2, 0.25) is 0 Å². The fourth-order valence-electron chi connectivity index (χ4n) is 1.22. The van der Waals surface area contributed by atoms with Gasteiger partial charge in [0.25, 0.3) is 0 Å². The first-order valence-corrected chi connectivity index (χ1v) is 5.84.